The van der Waals surface area contributed by atoms with Crippen LogP contribution in [0.2, 0.25) is 5.15 Å². The van der Waals surface area contributed by atoms with E-state index in [4.69, 9.17) is 21.0 Å². The number of hydrogen-bond donors (Lipinski definition) is 0. The molecule has 4 nitrogen and oxygen atoms in total. The zero-order valence-corrected chi connectivity index (χ0v) is 13.2. The van der Waals surface area contributed by atoms with Gasteiger partial charge in [0.15, 0.2) is 0 Å². The molecule has 2 aromatic rings. The van der Waals surface area contributed by atoms with E-state index in [2.05, 4.69) is 16.8 Å². The molecule has 0 N–H and O–H groups in total. The third-order valence-corrected chi connectivity index (χ3v) is 4.11. The summed E-state index contributed by atoms with van der Waals surface area (Å²) in [5, 5.41) is 0.563. The molecule has 2 aromatic heterocycles. The van der Waals surface area contributed by atoms with Crippen molar-refractivity contribution >= 4 is 17.4 Å². The van der Waals surface area contributed by atoms with Gasteiger partial charge in [-0.25, -0.2) is 9.97 Å². The summed E-state index contributed by atoms with van der Waals surface area (Å²) in [6.45, 7) is 4.85. The maximum atomic E-state index is 6.30. The van der Waals surface area contributed by atoms with Gasteiger partial charge in [0.2, 0.25) is 0 Å². The fourth-order valence-corrected chi connectivity index (χ4v) is 2.65. The maximum Gasteiger partial charge on any atom is 0.137 e. The van der Waals surface area contributed by atoms with Crippen molar-refractivity contribution in [2.45, 2.75) is 52.1 Å². The van der Waals surface area contributed by atoms with E-state index in [1.54, 1.807) is 6.26 Å². The lowest BCUT2D eigenvalue weighted by Gasteiger charge is -2.25. The predicted molar refractivity (Wildman–Crippen MR) is 83.7 cm³/mol. The molecule has 0 amide bonds. The van der Waals surface area contributed by atoms with Gasteiger partial charge >= 0.3 is 0 Å². The standard InChI is InChI=1S/C16H20ClN3O/c1-3-5-14-18-15(17)11(2)16(19-14)20(12-7-8-12)10-13-6-4-9-21-13/h4,6,9,12H,3,5,7-8,10H2,1-2H3. The van der Waals surface area contributed by atoms with E-state index < -0.39 is 0 Å². The van der Waals surface area contributed by atoms with E-state index in [-0.39, 0.29) is 0 Å². The van der Waals surface area contributed by atoms with Crippen molar-refractivity contribution in [3.8, 4) is 0 Å². The molecular formula is C16H20ClN3O. The average molecular weight is 306 g/mol. The molecule has 1 aliphatic rings. The summed E-state index contributed by atoms with van der Waals surface area (Å²) < 4.78 is 5.49. The first-order valence-corrected chi connectivity index (χ1v) is 7.89. The second-order valence-electron chi connectivity index (χ2n) is 5.57. The Bertz CT molecular complexity index is 608. The minimum absolute atomic E-state index is 0.536. The van der Waals surface area contributed by atoms with E-state index in [9.17, 15) is 0 Å². The minimum Gasteiger partial charge on any atom is -0.467 e. The van der Waals surface area contributed by atoms with Crippen molar-refractivity contribution in [2.75, 3.05) is 4.90 Å². The van der Waals surface area contributed by atoms with Gasteiger partial charge in [0.25, 0.3) is 0 Å². The van der Waals surface area contributed by atoms with Crippen LogP contribution in [-0.2, 0) is 13.0 Å². The predicted octanol–water partition coefficient (Wildman–Crippen LogP) is 4.15. The molecular weight excluding hydrogens is 286 g/mol. The van der Waals surface area contributed by atoms with Crippen LogP contribution in [0.5, 0.6) is 0 Å². The van der Waals surface area contributed by atoms with Crippen LogP contribution in [0.4, 0.5) is 5.82 Å². The van der Waals surface area contributed by atoms with Gasteiger partial charge in [-0.2, -0.15) is 0 Å². The fourth-order valence-electron chi connectivity index (χ4n) is 2.47. The van der Waals surface area contributed by atoms with Crippen molar-refractivity contribution in [1.29, 1.82) is 0 Å². The molecule has 0 aliphatic heterocycles. The third-order valence-electron chi connectivity index (χ3n) is 3.75. The summed E-state index contributed by atoms with van der Waals surface area (Å²) in [4.78, 5) is 11.4. The lowest BCUT2D eigenvalue weighted by atomic mass is 10.2. The molecule has 0 bridgehead atoms. The first-order valence-electron chi connectivity index (χ1n) is 7.51. The van der Waals surface area contributed by atoms with Gasteiger partial charge in [-0.1, -0.05) is 18.5 Å². The third kappa shape index (κ3) is 3.21. The Balaban J connectivity index is 1.94. The quantitative estimate of drug-likeness (QED) is 0.752. The lowest BCUT2D eigenvalue weighted by Crippen LogP contribution is -2.27. The smallest absolute Gasteiger partial charge is 0.137 e. The number of hydrogen-bond acceptors (Lipinski definition) is 4. The van der Waals surface area contributed by atoms with Crippen molar-refractivity contribution in [3.63, 3.8) is 0 Å². The highest BCUT2D eigenvalue weighted by Gasteiger charge is 2.32. The molecule has 1 fully saturated rings. The number of rotatable bonds is 6. The summed E-state index contributed by atoms with van der Waals surface area (Å²) in [6, 6.07) is 4.46. The highest BCUT2D eigenvalue weighted by Crippen LogP contribution is 2.35. The second kappa shape index (κ2) is 6.06. The summed E-state index contributed by atoms with van der Waals surface area (Å²) in [5.74, 6) is 2.73. The maximum absolute atomic E-state index is 6.30. The minimum atomic E-state index is 0.536. The lowest BCUT2D eigenvalue weighted by molar-refractivity contribution is 0.499. The van der Waals surface area contributed by atoms with Crippen LogP contribution in [0, 0.1) is 6.92 Å². The van der Waals surface area contributed by atoms with Crippen molar-refractivity contribution < 1.29 is 4.42 Å². The zero-order chi connectivity index (χ0) is 14.8. The van der Waals surface area contributed by atoms with Gasteiger partial charge in [-0.05, 0) is 38.3 Å². The molecule has 1 saturated carbocycles. The van der Waals surface area contributed by atoms with Crippen LogP contribution in [0.3, 0.4) is 0 Å². The van der Waals surface area contributed by atoms with E-state index in [1.165, 1.54) is 12.8 Å². The van der Waals surface area contributed by atoms with Crippen molar-refractivity contribution in [2.24, 2.45) is 0 Å². The van der Waals surface area contributed by atoms with Gasteiger partial charge < -0.3 is 9.32 Å². The molecule has 0 unspecified atom stereocenters. The second-order valence-corrected chi connectivity index (χ2v) is 5.93. The van der Waals surface area contributed by atoms with Crippen LogP contribution >= 0.6 is 11.6 Å². The van der Waals surface area contributed by atoms with E-state index >= 15 is 0 Å². The Hall–Kier alpha value is -1.55. The molecule has 2 heterocycles. The van der Waals surface area contributed by atoms with Crippen molar-refractivity contribution in [1.82, 2.24) is 9.97 Å². The Morgan fingerprint density at radius 2 is 2.19 bits per heavy atom. The van der Waals surface area contributed by atoms with E-state index in [1.807, 2.05) is 19.1 Å². The first-order chi connectivity index (χ1) is 10.2. The number of halogens is 1. The Kier molecular flexibility index (Phi) is 4.15. The molecule has 0 saturated heterocycles. The summed E-state index contributed by atoms with van der Waals surface area (Å²) in [7, 11) is 0. The fraction of sp³-hybridized carbons (Fsp3) is 0.500. The summed E-state index contributed by atoms with van der Waals surface area (Å²) in [6.07, 6.45) is 5.98. The molecule has 0 spiro atoms. The van der Waals surface area contributed by atoms with E-state index in [0.29, 0.717) is 11.2 Å². The molecule has 5 heteroatoms. The largest absolute Gasteiger partial charge is 0.467 e. The molecule has 3 rings (SSSR count). The number of nitrogens with zero attached hydrogens (tertiary/aromatic N) is 3. The SMILES string of the molecule is CCCc1nc(Cl)c(C)c(N(Cc2ccco2)C2CC2)n1. The van der Waals surface area contributed by atoms with Crippen molar-refractivity contribution in [3.05, 3.63) is 40.7 Å². The van der Waals surface area contributed by atoms with Crippen LogP contribution in [0.15, 0.2) is 22.8 Å². The average Bonchev–Trinajstić information content (AvgIpc) is 3.18. The van der Waals surface area contributed by atoms with Crippen LogP contribution in [0.1, 0.15) is 43.3 Å². The van der Waals surface area contributed by atoms with Crippen LogP contribution in [-0.4, -0.2) is 16.0 Å². The number of aromatic nitrogens is 2. The zero-order valence-electron chi connectivity index (χ0n) is 12.5. The highest BCUT2D eigenvalue weighted by molar-refractivity contribution is 6.30. The molecule has 21 heavy (non-hydrogen) atoms. The van der Waals surface area contributed by atoms with Gasteiger partial charge in [0, 0.05) is 18.0 Å². The summed E-state index contributed by atoms with van der Waals surface area (Å²) >= 11 is 6.30. The molecule has 0 aromatic carbocycles. The van der Waals surface area contributed by atoms with Gasteiger partial charge in [-0.15, -0.1) is 0 Å². The van der Waals surface area contributed by atoms with E-state index in [0.717, 1.165) is 42.4 Å². The molecule has 112 valence electrons. The molecule has 0 radical (unpaired) electrons. The topological polar surface area (TPSA) is 42.2 Å². The normalized spacial score (nSPS) is 14.4. The van der Waals surface area contributed by atoms with Gasteiger partial charge in [0.05, 0.1) is 12.8 Å². The number of furan rings is 1. The Morgan fingerprint density at radius 3 is 2.81 bits per heavy atom. The molecule has 0 atom stereocenters. The highest BCUT2D eigenvalue weighted by atomic mass is 35.5. The Morgan fingerprint density at radius 1 is 1.38 bits per heavy atom. The number of anilines is 1. The number of aryl methyl sites for hydroxylation is 1. The summed E-state index contributed by atoms with van der Waals surface area (Å²) in [5.41, 5.74) is 0.954. The van der Waals surface area contributed by atoms with Crippen LogP contribution in [0.25, 0.3) is 0 Å². The molecule has 1 aliphatic carbocycles. The first kappa shape index (κ1) is 14.4. The Labute approximate surface area is 130 Å². The van der Waals surface area contributed by atoms with Gasteiger partial charge in [0.1, 0.15) is 22.6 Å². The van der Waals surface area contributed by atoms with Gasteiger partial charge in [-0.3, -0.25) is 0 Å². The monoisotopic (exact) mass is 305 g/mol. The van der Waals surface area contributed by atoms with Crippen LogP contribution < -0.4 is 4.90 Å².